The van der Waals surface area contributed by atoms with Crippen molar-refractivity contribution in [1.82, 2.24) is 4.57 Å². The van der Waals surface area contributed by atoms with E-state index < -0.39 is 5.41 Å². The first-order chi connectivity index (χ1) is 21.7. The van der Waals surface area contributed by atoms with Crippen molar-refractivity contribution in [3.63, 3.8) is 0 Å². The third-order valence-electron chi connectivity index (χ3n) is 9.93. The largest absolute Gasteiger partial charge is 0.456 e. The maximum atomic E-state index is 7.12. The van der Waals surface area contributed by atoms with Crippen LogP contribution in [0.2, 0.25) is 0 Å². The molecule has 0 amide bonds. The van der Waals surface area contributed by atoms with E-state index in [1.807, 2.05) is 0 Å². The summed E-state index contributed by atoms with van der Waals surface area (Å²) in [7, 11) is 0. The van der Waals surface area contributed by atoms with Gasteiger partial charge < -0.3 is 9.30 Å². The fraction of sp³-hybridized carbons (Fsp3) is 0.0476. The number of aromatic nitrogens is 1. The smallest absolute Gasteiger partial charge is 0.142 e. The summed E-state index contributed by atoms with van der Waals surface area (Å²) in [5.41, 5.74) is 11.8. The molecule has 1 aliphatic heterocycles. The van der Waals surface area contributed by atoms with Gasteiger partial charge in [-0.05, 0) is 70.3 Å². The maximum Gasteiger partial charge on any atom is 0.142 e. The Morgan fingerprint density at radius 1 is 0.500 bits per heavy atom. The van der Waals surface area contributed by atoms with Crippen molar-refractivity contribution in [2.24, 2.45) is 0 Å². The molecule has 2 aliphatic rings. The van der Waals surface area contributed by atoms with Crippen molar-refractivity contribution in [2.45, 2.75) is 12.3 Å². The summed E-state index contributed by atoms with van der Waals surface area (Å²) in [5, 5.41) is 4.84. The van der Waals surface area contributed by atoms with E-state index in [9.17, 15) is 0 Å². The molecule has 2 heteroatoms. The second-order valence-electron chi connectivity index (χ2n) is 12.1. The standard InChI is InChI=1S/C42H27NO/c1-26-18-21-28(22-19-26)43-36-24-20-27-10-2-3-11-29(27)39(36)40-37(43)25-23-35-41(40)44-38-17-9-8-16-34(38)42(35)32-14-6-4-12-30(32)31-13-5-7-15-33(31)42/h2-25H,1H3. The minimum absolute atomic E-state index is 0.492. The summed E-state index contributed by atoms with van der Waals surface area (Å²) in [5.74, 6) is 1.86. The molecule has 0 saturated heterocycles. The highest BCUT2D eigenvalue weighted by molar-refractivity contribution is 6.23. The molecular formula is C42H27NO. The molecule has 1 aromatic heterocycles. The molecule has 0 radical (unpaired) electrons. The zero-order valence-corrected chi connectivity index (χ0v) is 24.2. The maximum absolute atomic E-state index is 7.12. The van der Waals surface area contributed by atoms with Gasteiger partial charge in [0.05, 0.1) is 21.8 Å². The lowest BCUT2D eigenvalue weighted by Gasteiger charge is -2.39. The highest BCUT2D eigenvalue weighted by atomic mass is 16.5. The van der Waals surface area contributed by atoms with E-state index in [4.69, 9.17) is 4.74 Å². The molecule has 8 aromatic rings. The van der Waals surface area contributed by atoms with Crippen LogP contribution in [0.5, 0.6) is 11.5 Å². The first-order valence-corrected chi connectivity index (χ1v) is 15.3. The van der Waals surface area contributed by atoms with Crippen LogP contribution in [-0.2, 0) is 5.41 Å². The van der Waals surface area contributed by atoms with Gasteiger partial charge in [0.2, 0.25) is 0 Å². The zero-order valence-electron chi connectivity index (χ0n) is 24.2. The number of fused-ring (bicyclic) bond motifs is 15. The number of aryl methyl sites for hydroxylation is 1. The lowest BCUT2D eigenvalue weighted by atomic mass is 9.66. The normalized spacial score (nSPS) is 13.9. The van der Waals surface area contributed by atoms with E-state index in [2.05, 4.69) is 157 Å². The molecule has 0 atom stereocenters. The van der Waals surface area contributed by atoms with Crippen molar-refractivity contribution >= 4 is 32.6 Å². The molecule has 10 rings (SSSR count). The van der Waals surface area contributed by atoms with Crippen LogP contribution < -0.4 is 4.74 Å². The van der Waals surface area contributed by atoms with Gasteiger partial charge in [-0.1, -0.05) is 121 Å². The topological polar surface area (TPSA) is 14.2 Å². The van der Waals surface area contributed by atoms with Crippen molar-refractivity contribution in [3.05, 3.63) is 173 Å². The number of ether oxygens (including phenoxy) is 1. The van der Waals surface area contributed by atoms with Crippen molar-refractivity contribution in [2.75, 3.05) is 0 Å². The molecule has 44 heavy (non-hydrogen) atoms. The summed E-state index contributed by atoms with van der Waals surface area (Å²) in [6.07, 6.45) is 0. The van der Waals surface area contributed by atoms with E-state index in [-0.39, 0.29) is 0 Å². The minimum Gasteiger partial charge on any atom is -0.456 e. The Morgan fingerprint density at radius 3 is 1.89 bits per heavy atom. The Balaban J connectivity index is 1.43. The predicted octanol–water partition coefficient (Wildman–Crippen LogP) is 10.7. The Kier molecular flexibility index (Phi) is 4.61. The van der Waals surface area contributed by atoms with Gasteiger partial charge >= 0.3 is 0 Å². The van der Waals surface area contributed by atoms with Crippen molar-refractivity contribution in [3.8, 4) is 28.3 Å². The molecule has 0 unspecified atom stereocenters. The number of benzene rings is 7. The summed E-state index contributed by atoms with van der Waals surface area (Å²) < 4.78 is 9.53. The quantitative estimate of drug-likeness (QED) is 0.194. The first kappa shape index (κ1) is 23.9. The SMILES string of the molecule is Cc1ccc(-n2c3ccc4c(c3c3c5ccccc5ccc32)Oc2ccccc2C42c3ccccc3-c3ccccc32)cc1. The Morgan fingerprint density at radius 2 is 1.11 bits per heavy atom. The number of nitrogens with zero attached hydrogens (tertiary/aromatic N) is 1. The average Bonchev–Trinajstić information content (AvgIpc) is 3.57. The summed E-state index contributed by atoms with van der Waals surface area (Å²) in [6, 6.07) is 53.2. The van der Waals surface area contributed by atoms with Gasteiger partial charge in [-0.2, -0.15) is 0 Å². The fourth-order valence-electron chi connectivity index (χ4n) is 8.15. The fourth-order valence-corrected chi connectivity index (χ4v) is 8.15. The van der Waals surface area contributed by atoms with Gasteiger partial charge in [-0.25, -0.2) is 0 Å². The molecule has 2 nitrogen and oxygen atoms in total. The molecular weight excluding hydrogens is 534 g/mol. The first-order valence-electron chi connectivity index (χ1n) is 15.3. The molecule has 2 heterocycles. The third kappa shape index (κ3) is 2.86. The number of para-hydroxylation sites is 1. The van der Waals surface area contributed by atoms with Gasteiger partial charge in [-0.3, -0.25) is 0 Å². The van der Waals surface area contributed by atoms with Gasteiger partial charge in [0.1, 0.15) is 11.5 Å². The van der Waals surface area contributed by atoms with E-state index in [0.717, 1.165) is 28.1 Å². The van der Waals surface area contributed by atoms with Crippen LogP contribution in [0.1, 0.15) is 27.8 Å². The van der Waals surface area contributed by atoms with Crippen LogP contribution in [0.3, 0.4) is 0 Å². The lowest BCUT2D eigenvalue weighted by molar-refractivity contribution is 0.442. The van der Waals surface area contributed by atoms with Crippen molar-refractivity contribution < 1.29 is 4.74 Å². The zero-order chi connectivity index (χ0) is 29.0. The monoisotopic (exact) mass is 561 g/mol. The Labute approximate surface area is 255 Å². The van der Waals surface area contributed by atoms with E-state index >= 15 is 0 Å². The predicted molar refractivity (Wildman–Crippen MR) is 180 cm³/mol. The van der Waals surface area contributed by atoms with E-state index in [1.54, 1.807) is 0 Å². The van der Waals surface area contributed by atoms with Crippen LogP contribution in [0, 0.1) is 6.92 Å². The van der Waals surface area contributed by atoms with E-state index in [0.29, 0.717) is 0 Å². The van der Waals surface area contributed by atoms with Crippen LogP contribution in [0.4, 0.5) is 0 Å². The number of hydrogen-bond donors (Lipinski definition) is 0. The second kappa shape index (κ2) is 8.49. The number of hydrogen-bond acceptors (Lipinski definition) is 1. The molecule has 1 spiro atoms. The molecule has 0 fully saturated rings. The van der Waals surface area contributed by atoms with Gasteiger partial charge in [-0.15, -0.1) is 0 Å². The minimum atomic E-state index is -0.492. The van der Waals surface area contributed by atoms with Gasteiger partial charge in [0, 0.05) is 22.2 Å². The number of rotatable bonds is 1. The van der Waals surface area contributed by atoms with Gasteiger partial charge in [0.25, 0.3) is 0 Å². The molecule has 1 aliphatic carbocycles. The Bertz CT molecular complexity index is 2430. The van der Waals surface area contributed by atoms with Crippen LogP contribution in [0.25, 0.3) is 49.4 Å². The van der Waals surface area contributed by atoms with Crippen molar-refractivity contribution in [1.29, 1.82) is 0 Å². The highest BCUT2D eigenvalue weighted by Gasteiger charge is 2.51. The van der Waals surface area contributed by atoms with Crippen LogP contribution >= 0.6 is 0 Å². The molecule has 206 valence electrons. The van der Waals surface area contributed by atoms with Crippen LogP contribution in [0.15, 0.2) is 146 Å². The highest BCUT2D eigenvalue weighted by Crippen LogP contribution is 2.63. The molecule has 0 N–H and O–H groups in total. The summed E-state index contributed by atoms with van der Waals surface area (Å²) in [6.45, 7) is 2.14. The van der Waals surface area contributed by atoms with E-state index in [1.165, 1.54) is 60.6 Å². The average molecular weight is 562 g/mol. The molecule has 7 aromatic carbocycles. The molecule has 0 bridgehead atoms. The van der Waals surface area contributed by atoms with Gasteiger partial charge in [0.15, 0.2) is 0 Å². The van der Waals surface area contributed by atoms with Crippen LogP contribution in [-0.4, -0.2) is 4.57 Å². The molecule has 0 saturated carbocycles. The summed E-state index contributed by atoms with van der Waals surface area (Å²) in [4.78, 5) is 0. The summed E-state index contributed by atoms with van der Waals surface area (Å²) >= 11 is 0. The second-order valence-corrected chi connectivity index (χ2v) is 12.1. The Hall–Kier alpha value is -5.60. The third-order valence-corrected chi connectivity index (χ3v) is 9.93. The lowest BCUT2D eigenvalue weighted by Crippen LogP contribution is -2.32.